The molecule has 23 heavy (non-hydrogen) atoms. The normalized spacial score (nSPS) is 22.0. The van der Waals surface area contributed by atoms with Crippen molar-refractivity contribution in [3.63, 3.8) is 0 Å². The van der Waals surface area contributed by atoms with Crippen LogP contribution in [0.1, 0.15) is 29.1 Å². The maximum atomic E-state index is 5.98. The zero-order chi connectivity index (χ0) is 15.6. The fourth-order valence-corrected chi connectivity index (χ4v) is 4.05. The van der Waals surface area contributed by atoms with E-state index in [4.69, 9.17) is 4.74 Å². The third kappa shape index (κ3) is 3.82. The van der Waals surface area contributed by atoms with Gasteiger partial charge in [-0.3, -0.25) is 4.90 Å². The average Bonchev–Trinajstić information content (AvgIpc) is 3.17. The Morgan fingerprint density at radius 1 is 1.26 bits per heavy atom. The van der Waals surface area contributed by atoms with Crippen molar-refractivity contribution in [3.8, 4) is 0 Å². The van der Waals surface area contributed by atoms with Gasteiger partial charge in [0.25, 0.3) is 0 Å². The molecule has 1 aliphatic carbocycles. The van der Waals surface area contributed by atoms with E-state index in [2.05, 4.69) is 26.4 Å². The van der Waals surface area contributed by atoms with Crippen LogP contribution in [-0.4, -0.2) is 39.2 Å². The van der Waals surface area contributed by atoms with Crippen LogP contribution >= 0.6 is 11.3 Å². The van der Waals surface area contributed by atoms with Crippen LogP contribution in [0.3, 0.4) is 0 Å². The molecule has 0 bridgehead atoms. The van der Waals surface area contributed by atoms with Gasteiger partial charge in [0.1, 0.15) is 0 Å². The largest absolute Gasteiger partial charge is 0.381 e. The van der Waals surface area contributed by atoms with Gasteiger partial charge < -0.3 is 9.30 Å². The summed E-state index contributed by atoms with van der Waals surface area (Å²) in [6, 6.07) is 0. The monoisotopic (exact) mass is 332 g/mol. The molecule has 2 aromatic heterocycles. The van der Waals surface area contributed by atoms with E-state index in [1.807, 2.05) is 18.0 Å². The van der Waals surface area contributed by atoms with Crippen LogP contribution < -0.4 is 0 Å². The molecule has 0 unspecified atom stereocenters. The van der Waals surface area contributed by atoms with Gasteiger partial charge in [-0.15, -0.1) is 11.3 Å². The summed E-state index contributed by atoms with van der Waals surface area (Å²) in [4.78, 5) is 12.6. The van der Waals surface area contributed by atoms with Gasteiger partial charge in [-0.25, -0.2) is 9.97 Å². The molecule has 4 rings (SSSR count). The number of hydrogen-bond donors (Lipinski definition) is 0. The van der Waals surface area contributed by atoms with Crippen LogP contribution in [0.5, 0.6) is 0 Å². The summed E-state index contributed by atoms with van der Waals surface area (Å²) < 4.78 is 8.28. The van der Waals surface area contributed by atoms with Crippen LogP contribution in [0.15, 0.2) is 18.0 Å². The lowest BCUT2D eigenvalue weighted by Gasteiger charge is -2.23. The second kappa shape index (κ2) is 6.71. The minimum atomic E-state index is 0.525. The zero-order valence-corrected chi connectivity index (χ0v) is 14.5. The molecule has 6 heteroatoms. The number of aromatic nitrogens is 3. The highest BCUT2D eigenvalue weighted by Gasteiger charge is 2.25. The van der Waals surface area contributed by atoms with Crippen LogP contribution in [0.2, 0.25) is 0 Å². The van der Waals surface area contributed by atoms with Gasteiger partial charge in [-0.2, -0.15) is 0 Å². The Hall–Kier alpha value is -1.24. The predicted molar refractivity (Wildman–Crippen MR) is 90.2 cm³/mol. The van der Waals surface area contributed by atoms with Crippen LogP contribution in [-0.2, 0) is 24.4 Å². The van der Waals surface area contributed by atoms with Crippen molar-refractivity contribution in [2.75, 3.05) is 19.8 Å². The van der Waals surface area contributed by atoms with E-state index in [0.717, 1.165) is 51.0 Å². The summed E-state index contributed by atoms with van der Waals surface area (Å²) in [7, 11) is 0. The van der Waals surface area contributed by atoms with Crippen LogP contribution in [0.4, 0.5) is 0 Å². The lowest BCUT2D eigenvalue weighted by Crippen LogP contribution is -2.30. The van der Waals surface area contributed by atoms with Crippen molar-refractivity contribution < 1.29 is 4.74 Å². The van der Waals surface area contributed by atoms with Crippen LogP contribution in [0, 0.1) is 18.8 Å². The number of aryl methyl sites for hydroxylation is 1. The average molecular weight is 332 g/mol. The molecular weight excluding hydrogens is 308 g/mol. The lowest BCUT2D eigenvalue weighted by atomic mass is 10.1. The molecule has 1 atom stereocenters. The number of ether oxygens (including phenoxy) is 1. The molecule has 2 aromatic rings. The maximum Gasteiger partial charge on any atom is 0.0948 e. The molecule has 1 aliphatic heterocycles. The Labute approximate surface area is 141 Å². The maximum absolute atomic E-state index is 5.98. The molecule has 0 saturated heterocycles. The van der Waals surface area contributed by atoms with Gasteiger partial charge in [-0.1, -0.05) is 0 Å². The summed E-state index contributed by atoms with van der Waals surface area (Å²) in [6.07, 6.45) is 6.67. The fraction of sp³-hybridized carbons (Fsp3) is 0.647. The standard InChI is InChI=1S/C17H24N4OS/c1-13-17(23-12-19-13)8-20-5-15(10-22-9-14-2-3-14)6-21-11-18-4-16(21)7-20/h4,11-12,14-15H,2-3,5-10H2,1H3/t15-/m0/s1. The molecular formula is C17H24N4OS. The highest BCUT2D eigenvalue weighted by atomic mass is 32.1. The van der Waals surface area contributed by atoms with Gasteiger partial charge in [-0.05, 0) is 25.7 Å². The number of rotatable bonds is 6. The summed E-state index contributed by atoms with van der Waals surface area (Å²) in [5.41, 5.74) is 4.41. The highest BCUT2D eigenvalue weighted by Crippen LogP contribution is 2.29. The quantitative estimate of drug-likeness (QED) is 0.816. The van der Waals surface area contributed by atoms with Crippen molar-refractivity contribution in [2.45, 2.75) is 39.4 Å². The van der Waals surface area contributed by atoms with Crippen molar-refractivity contribution in [1.29, 1.82) is 0 Å². The summed E-state index contributed by atoms with van der Waals surface area (Å²) in [5.74, 6) is 1.36. The van der Waals surface area contributed by atoms with Crippen molar-refractivity contribution in [3.05, 3.63) is 34.3 Å². The van der Waals surface area contributed by atoms with E-state index in [-0.39, 0.29) is 0 Å². The van der Waals surface area contributed by atoms with Gasteiger partial charge in [0, 0.05) is 49.8 Å². The van der Waals surface area contributed by atoms with Crippen molar-refractivity contribution in [1.82, 2.24) is 19.4 Å². The predicted octanol–water partition coefficient (Wildman–Crippen LogP) is 2.71. The molecule has 3 heterocycles. The Kier molecular flexibility index (Phi) is 4.46. The number of fused-ring (bicyclic) bond motifs is 1. The minimum absolute atomic E-state index is 0.525. The van der Waals surface area contributed by atoms with E-state index >= 15 is 0 Å². The Morgan fingerprint density at radius 3 is 2.91 bits per heavy atom. The minimum Gasteiger partial charge on any atom is -0.381 e. The summed E-state index contributed by atoms with van der Waals surface area (Å²) >= 11 is 1.76. The van der Waals surface area contributed by atoms with Crippen molar-refractivity contribution in [2.24, 2.45) is 11.8 Å². The molecule has 0 N–H and O–H groups in total. The van der Waals surface area contributed by atoms with Crippen LogP contribution in [0.25, 0.3) is 0 Å². The molecule has 124 valence electrons. The topological polar surface area (TPSA) is 43.2 Å². The fourth-order valence-electron chi connectivity index (χ4n) is 3.23. The summed E-state index contributed by atoms with van der Waals surface area (Å²) in [5, 5.41) is 0. The first-order valence-electron chi connectivity index (χ1n) is 8.46. The van der Waals surface area contributed by atoms with Crippen molar-refractivity contribution >= 4 is 11.3 Å². The molecule has 0 aromatic carbocycles. The molecule has 1 fully saturated rings. The number of nitrogens with zero attached hydrogens (tertiary/aromatic N) is 4. The smallest absolute Gasteiger partial charge is 0.0948 e. The van der Waals surface area contributed by atoms with E-state index in [0.29, 0.717) is 5.92 Å². The van der Waals surface area contributed by atoms with E-state index in [9.17, 15) is 0 Å². The first-order valence-corrected chi connectivity index (χ1v) is 9.34. The first-order chi connectivity index (χ1) is 11.3. The Bertz CT molecular complexity index is 649. The third-order valence-electron chi connectivity index (χ3n) is 4.77. The van der Waals surface area contributed by atoms with E-state index < -0.39 is 0 Å². The van der Waals surface area contributed by atoms with Gasteiger partial charge in [0.15, 0.2) is 0 Å². The molecule has 5 nitrogen and oxygen atoms in total. The Morgan fingerprint density at radius 2 is 2.13 bits per heavy atom. The molecule has 0 radical (unpaired) electrons. The first kappa shape index (κ1) is 15.3. The Balaban J connectivity index is 1.43. The summed E-state index contributed by atoms with van der Waals surface area (Å²) in [6.45, 7) is 7.91. The third-order valence-corrected chi connectivity index (χ3v) is 5.69. The number of hydrogen-bond acceptors (Lipinski definition) is 5. The number of thiazole rings is 1. The van der Waals surface area contributed by atoms with Gasteiger partial charge in [0.2, 0.25) is 0 Å². The molecule has 0 amide bonds. The van der Waals surface area contributed by atoms with Gasteiger partial charge in [0.05, 0.1) is 29.8 Å². The molecule has 1 saturated carbocycles. The SMILES string of the molecule is Cc1ncsc1CN1Cc2cncn2C[C@@H](COCC2CC2)C1. The van der Waals surface area contributed by atoms with E-state index in [1.54, 1.807) is 11.3 Å². The number of imidazole rings is 1. The second-order valence-electron chi connectivity index (χ2n) is 6.91. The second-order valence-corrected chi connectivity index (χ2v) is 7.85. The molecule has 2 aliphatic rings. The zero-order valence-electron chi connectivity index (χ0n) is 13.6. The van der Waals surface area contributed by atoms with Gasteiger partial charge >= 0.3 is 0 Å². The van der Waals surface area contributed by atoms with E-state index in [1.165, 1.54) is 23.4 Å². The lowest BCUT2D eigenvalue weighted by molar-refractivity contribution is 0.0706. The highest BCUT2D eigenvalue weighted by molar-refractivity contribution is 7.09. The molecule has 0 spiro atoms.